The van der Waals surface area contributed by atoms with Gasteiger partial charge in [0.05, 0.1) is 11.8 Å². The monoisotopic (exact) mass is 403 g/mol. The highest BCUT2D eigenvalue weighted by Gasteiger charge is 2.18. The molecule has 1 amide bonds. The average Bonchev–Trinajstić information content (AvgIpc) is 3.14. The van der Waals surface area contributed by atoms with E-state index in [1.54, 1.807) is 44.6 Å². The number of amides is 1. The number of Topliss-reactive ketones (excluding diaryl/α,β-unsaturated/α-hetero) is 1. The van der Waals surface area contributed by atoms with Crippen LogP contribution in [0.3, 0.4) is 0 Å². The van der Waals surface area contributed by atoms with Crippen molar-refractivity contribution in [3.05, 3.63) is 53.4 Å². The van der Waals surface area contributed by atoms with Crippen LogP contribution in [-0.4, -0.2) is 45.6 Å². The van der Waals surface area contributed by atoms with E-state index in [1.165, 1.54) is 17.2 Å². The Morgan fingerprint density at radius 3 is 2.73 bits per heavy atom. The number of carbonyl (C=O) groups is 2. The molecule has 2 heterocycles. The number of carbonyl (C=O) groups excluding carboxylic acids is 2. The lowest BCUT2D eigenvalue weighted by atomic mass is 10.0. The predicted molar refractivity (Wildman–Crippen MR) is 112 cm³/mol. The van der Waals surface area contributed by atoms with Crippen LogP contribution in [0.25, 0.3) is 17.2 Å². The van der Waals surface area contributed by atoms with Crippen LogP contribution >= 0.6 is 0 Å². The van der Waals surface area contributed by atoms with Crippen LogP contribution in [-0.2, 0) is 4.79 Å². The molecule has 1 aromatic carbocycles. The molecule has 8 nitrogen and oxygen atoms in total. The maximum Gasteiger partial charge on any atom is 0.264 e. The third kappa shape index (κ3) is 4.36. The summed E-state index contributed by atoms with van der Waals surface area (Å²) in [5.74, 6) is 0.104. The molecule has 0 unspecified atom stereocenters. The van der Waals surface area contributed by atoms with Gasteiger partial charge < -0.3 is 14.6 Å². The number of ketones is 1. The number of aromatic nitrogens is 3. The van der Waals surface area contributed by atoms with E-state index >= 15 is 0 Å². The summed E-state index contributed by atoms with van der Waals surface area (Å²) in [5, 5.41) is 9.26. The highest BCUT2D eigenvalue weighted by Crippen LogP contribution is 2.25. The molecule has 0 bridgehead atoms. The predicted octanol–water partition coefficient (Wildman–Crippen LogP) is 3.58. The van der Waals surface area contributed by atoms with Gasteiger partial charge in [-0.25, -0.2) is 9.97 Å². The highest BCUT2D eigenvalue weighted by molar-refractivity contribution is 6.06. The molecule has 8 heteroatoms. The molecule has 0 atom stereocenters. The number of benzene rings is 1. The lowest BCUT2D eigenvalue weighted by Crippen LogP contribution is -2.22. The first kappa shape index (κ1) is 20.7. The molecule has 0 spiro atoms. The van der Waals surface area contributed by atoms with Crippen molar-refractivity contribution < 1.29 is 14.3 Å². The molecule has 1 N–H and O–H groups in total. The molecule has 3 rings (SSSR count). The van der Waals surface area contributed by atoms with Crippen molar-refractivity contribution in [1.29, 1.82) is 5.26 Å². The van der Waals surface area contributed by atoms with Gasteiger partial charge in [0.2, 0.25) is 5.88 Å². The van der Waals surface area contributed by atoms with E-state index in [-0.39, 0.29) is 29.1 Å². The van der Waals surface area contributed by atoms with Crippen molar-refractivity contribution in [2.24, 2.45) is 5.92 Å². The Balaban J connectivity index is 1.90. The zero-order chi connectivity index (χ0) is 21.8. The van der Waals surface area contributed by atoms with Crippen molar-refractivity contribution in [1.82, 2.24) is 19.9 Å². The summed E-state index contributed by atoms with van der Waals surface area (Å²) in [7, 11) is 3.17. The van der Waals surface area contributed by atoms with Gasteiger partial charge in [0.25, 0.3) is 5.91 Å². The van der Waals surface area contributed by atoms with Crippen LogP contribution in [0.15, 0.2) is 42.2 Å². The zero-order valence-corrected chi connectivity index (χ0v) is 17.1. The minimum absolute atomic E-state index is 0.0162. The third-order valence-corrected chi connectivity index (χ3v) is 4.30. The SMILES string of the molecule is CC(C)C(=O)c1c[nH]c2ncc(Oc3cccc(C=C(C#N)C(=O)N(C)C)c3)nc12. The van der Waals surface area contributed by atoms with Gasteiger partial charge >= 0.3 is 0 Å². The van der Waals surface area contributed by atoms with Crippen molar-refractivity contribution >= 4 is 28.9 Å². The van der Waals surface area contributed by atoms with Crippen molar-refractivity contribution in [2.45, 2.75) is 13.8 Å². The van der Waals surface area contributed by atoms with Crippen LogP contribution in [0.4, 0.5) is 0 Å². The Hall–Kier alpha value is -3.99. The summed E-state index contributed by atoms with van der Waals surface area (Å²) >= 11 is 0. The molecule has 0 radical (unpaired) electrons. The lowest BCUT2D eigenvalue weighted by molar-refractivity contribution is -0.124. The fourth-order valence-corrected chi connectivity index (χ4v) is 2.76. The van der Waals surface area contributed by atoms with Crippen LogP contribution in [0.5, 0.6) is 11.6 Å². The number of fused-ring (bicyclic) bond motifs is 1. The van der Waals surface area contributed by atoms with Gasteiger partial charge in [0, 0.05) is 26.2 Å². The largest absolute Gasteiger partial charge is 0.437 e. The van der Waals surface area contributed by atoms with Crippen LogP contribution < -0.4 is 4.74 Å². The van der Waals surface area contributed by atoms with Crippen molar-refractivity contribution in [3.8, 4) is 17.7 Å². The highest BCUT2D eigenvalue weighted by atomic mass is 16.5. The number of hydrogen-bond donors (Lipinski definition) is 1. The molecule has 0 saturated carbocycles. The summed E-state index contributed by atoms with van der Waals surface area (Å²) in [6, 6.07) is 8.82. The number of nitriles is 1. The number of hydrogen-bond acceptors (Lipinski definition) is 6. The van der Waals surface area contributed by atoms with E-state index < -0.39 is 0 Å². The average molecular weight is 403 g/mol. The van der Waals surface area contributed by atoms with Crippen LogP contribution in [0.2, 0.25) is 0 Å². The van der Waals surface area contributed by atoms with Gasteiger partial charge in [-0.2, -0.15) is 5.26 Å². The number of nitrogens with zero attached hydrogens (tertiary/aromatic N) is 4. The Morgan fingerprint density at radius 1 is 1.30 bits per heavy atom. The number of nitrogens with one attached hydrogen (secondary N) is 1. The van der Waals surface area contributed by atoms with E-state index in [1.807, 2.05) is 19.9 Å². The van der Waals surface area contributed by atoms with E-state index in [0.717, 1.165) is 0 Å². The molecule has 152 valence electrons. The third-order valence-electron chi connectivity index (χ3n) is 4.30. The quantitative estimate of drug-likeness (QED) is 0.382. The molecular formula is C22H21N5O3. The molecule has 2 aromatic heterocycles. The molecule has 3 aromatic rings. The van der Waals surface area contributed by atoms with E-state index in [4.69, 9.17) is 4.74 Å². The first-order chi connectivity index (χ1) is 14.3. The second-order valence-corrected chi connectivity index (χ2v) is 7.17. The van der Waals surface area contributed by atoms with Crippen LogP contribution in [0.1, 0.15) is 29.8 Å². The summed E-state index contributed by atoms with van der Waals surface area (Å²) < 4.78 is 5.81. The lowest BCUT2D eigenvalue weighted by Gasteiger charge is -2.09. The number of likely N-dealkylation sites (N-methyl/N-ethyl adjacent to an activating group) is 1. The number of aromatic amines is 1. The van der Waals surface area contributed by atoms with E-state index in [2.05, 4.69) is 15.0 Å². The zero-order valence-electron chi connectivity index (χ0n) is 17.1. The first-order valence-corrected chi connectivity index (χ1v) is 9.30. The molecule has 0 aliphatic heterocycles. The topological polar surface area (TPSA) is 112 Å². The standard InChI is InChI=1S/C22H21N5O3/c1-13(2)20(28)17-11-24-21-19(17)26-18(12-25-21)30-16-7-5-6-14(9-16)8-15(10-23)22(29)27(3)4/h5-9,11-13H,1-4H3,(H,24,25). The second kappa shape index (κ2) is 8.57. The Morgan fingerprint density at radius 2 is 2.07 bits per heavy atom. The minimum Gasteiger partial charge on any atom is -0.437 e. The fraction of sp³-hybridized carbons (Fsp3) is 0.227. The van der Waals surface area contributed by atoms with Crippen molar-refractivity contribution in [3.63, 3.8) is 0 Å². The normalized spacial score (nSPS) is 11.4. The molecular weight excluding hydrogens is 382 g/mol. The molecule has 0 aliphatic rings. The Kier molecular flexibility index (Phi) is 5.93. The number of ether oxygens (including phenoxy) is 1. The summed E-state index contributed by atoms with van der Waals surface area (Å²) in [6.45, 7) is 3.65. The maximum absolute atomic E-state index is 12.4. The maximum atomic E-state index is 12.4. The van der Waals surface area contributed by atoms with Gasteiger partial charge in [-0.15, -0.1) is 0 Å². The Labute approximate surface area is 173 Å². The minimum atomic E-state index is -0.380. The van der Waals surface area contributed by atoms with Crippen LogP contribution in [0, 0.1) is 17.2 Å². The smallest absolute Gasteiger partial charge is 0.264 e. The molecule has 30 heavy (non-hydrogen) atoms. The second-order valence-electron chi connectivity index (χ2n) is 7.17. The van der Waals surface area contributed by atoms with Gasteiger partial charge in [0.1, 0.15) is 22.9 Å². The Bertz CT molecular complexity index is 1180. The number of rotatable bonds is 6. The number of H-pyrrole nitrogens is 1. The van der Waals surface area contributed by atoms with Gasteiger partial charge in [-0.05, 0) is 23.8 Å². The van der Waals surface area contributed by atoms with Crippen molar-refractivity contribution in [2.75, 3.05) is 14.1 Å². The first-order valence-electron chi connectivity index (χ1n) is 9.30. The molecule has 0 saturated heterocycles. The summed E-state index contributed by atoms with van der Waals surface area (Å²) in [6.07, 6.45) is 4.56. The summed E-state index contributed by atoms with van der Waals surface area (Å²) in [4.78, 5) is 37.4. The molecule has 0 fully saturated rings. The summed E-state index contributed by atoms with van der Waals surface area (Å²) in [5.41, 5.74) is 2.07. The van der Waals surface area contributed by atoms with Gasteiger partial charge in [-0.1, -0.05) is 26.0 Å². The molecule has 0 aliphatic carbocycles. The van der Waals surface area contributed by atoms with E-state index in [9.17, 15) is 14.9 Å². The van der Waals surface area contributed by atoms with Gasteiger partial charge in [-0.3, -0.25) is 9.59 Å². The fourth-order valence-electron chi connectivity index (χ4n) is 2.76. The van der Waals surface area contributed by atoms with Gasteiger partial charge in [0.15, 0.2) is 11.4 Å². The van der Waals surface area contributed by atoms with E-state index in [0.29, 0.717) is 28.0 Å².